The Labute approximate surface area is 101 Å². The van der Waals surface area contributed by atoms with Crippen molar-refractivity contribution in [3.05, 3.63) is 0 Å². The number of aliphatic carboxylic acids is 1. The second kappa shape index (κ2) is 6.00. The van der Waals surface area contributed by atoms with Crippen LogP contribution in [0.3, 0.4) is 0 Å². The summed E-state index contributed by atoms with van der Waals surface area (Å²) in [5.41, 5.74) is 0. The predicted molar refractivity (Wildman–Crippen MR) is 60.5 cm³/mol. The van der Waals surface area contributed by atoms with E-state index in [0.29, 0.717) is 0 Å². The normalized spacial score (nSPS) is 29.9. The van der Waals surface area contributed by atoms with E-state index in [1.807, 2.05) is 13.8 Å². The molecule has 5 heteroatoms. The van der Waals surface area contributed by atoms with Crippen LogP contribution >= 0.6 is 0 Å². The van der Waals surface area contributed by atoms with E-state index in [4.69, 9.17) is 14.6 Å². The van der Waals surface area contributed by atoms with Crippen LogP contribution in [-0.4, -0.2) is 35.4 Å². The first-order valence-electron chi connectivity index (χ1n) is 5.98. The summed E-state index contributed by atoms with van der Waals surface area (Å²) in [6.45, 7) is 5.24. The molecule has 0 radical (unpaired) electrons. The molecule has 1 N–H and O–H groups in total. The van der Waals surface area contributed by atoms with E-state index in [1.165, 1.54) is 6.92 Å². The molecule has 1 fully saturated rings. The molecular formula is C12H20O5. The maximum atomic E-state index is 11.0. The molecule has 0 aromatic carbocycles. The molecule has 4 unspecified atom stereocenters. The molecule has 1 saturated heterocycles. The third-order valence-electron chi connectivity index (χ3n) is 3.06. The summed E-state index contributed by atoms with van der Waals surface area (Å²) in [4.78, 5) is 21.8. The molecule has 4 atom stereocenters. The van der Waals surface area contributed by atoms with Gasteiger partial charge in [0.1, 0.15) is 6.10 Å². The Morgan fingerprint density at radius 3 is 2.65 bits per heavy atom. The Morgan fingerprint density at radius 2 is 2.18 bits per heavy atom. The molecule has 1 rings (SSSR count). The van der Waals surface area contributed by atoms with Crippen LogP contribution in [0.2, 0.25) is 0 Å². The van der Waals surface area contributed by atoms with Gasteiger partial charge in [0, 0.05) is 12.8 Å². The lowest BCUT2D eigenvalue weighted by Crippen LogP contribution is -2.33. The van der Waals surface area contributed by atoms with Gasteiger partial charge in [0.05, 0.1) is 18.6 Å². The summed E-state index contributed by atoms with van der Waals surface area (Å²) >= 11 is 0. The summed E-state index contributed by atoms with van der Waals surface area (Å²) in [5, 5.41) is 8.85. The zero-order chi connectivity index (χ0) is 13.0. The highest BCUT2D eigenvalue weighted by molar-refractivity contribution is 5.69. The molecule has 0 amide bonds. The minimum absolute atomic E-state index is 0.0185. The first-order valence-corrected chi connectivity index (χ1v) is 5.98. The molecule has 1 heterocycles. The largest absolute Gasteiger partial charge is 0.481 e. The average Bonchev–Trinajstić information content (AvgIpc) is 2.57. The zero-order valence-electron chi connectivity index (χ0n) is 10.5. The third kappa shape index (κ3) is 4.00. The van der Waals surface area contributed by atoms with Crippen LogP contribution in [0.4, 0.5) is 0 Å². The van der Waals surface area contributed by atoms with Crippen LogP contribution in [0.15, 0.2) is 0 Å². The number of carbonyl (C=O) groups is 2. The van der Waals surface area contributed by atoms with Crippen molar-refractivity contribution in [3.63, 3.8) is 0 Å². The molecule has 0 saturated carbocycles. The topological polar surface area (TPSA) is 72.8 Å². The van der Waals surface area contributed by atoms with Gasteiger partial charge in [-0.25, -0.2) is 0 Å². The molecule has 17 heavy (non-hydrogen) atoms. The Morgan fingerprint density at radius 1 is 1.53 bits per heavy atom. The molecule has 1 aliphatic rings. The quantitative estimate of drug-likeness (QED) is 0.743. The number of ether oxygens (including phenoxy) is 2. The smallest absolute Gasteiger partial charge is 0.307 e. The van der Waals surface area contributed by atoms with Crippen LogP contribution in [-0.2, 0) is 19.1 Å². The minimum atomic E-state index is -0.953. The van der Waals surface area contributed by atoms with Gasteiger partial charge in [0.2, 0.25) is 0 Å². The molecule has 0 spiro atoms. The van der Waals surface area contributed by atoms with Crippen molar-refractivity contribution >= 4 is 11.9 Å². The summed E-state index contributed by atoms with van der Waals surface area (Å²) in [6, 6.07) is 0. The second-order valence-corrected chi connectivity index (χ2v) is 4.54. The molecule has 0 aromatic heterocycles. The van der Waals surface area contributed by atoms with Crippen molar-refractivity contribution in [2.45, 2.75) is 58.3 Å². The lowest BCUT2D eigenvalue weighted by atomic mass is 9.90. The van der Waals surface area contributed by atoms with E-state index in [9.17, 15) is 9.59 Å². The molecule has 1 aliphatic heterocycles. The number of hydrogen-bond acceptors (Lipinski definition) is 4. The van der Waals surface area contributed by atoms with Gasteiger partial charge in [-0.1, -0.05) is 6.92 Å². The van der Waals surface area contributed by atoms with Crippen molar-refractivity contribution < 1.29 is 24.2 Å². The monoisotopic (exact) mass is 244 g/mol. The minimum Gasteiger partial charge on any atom is -0.481 e. The predicted octanol–water partition coefficient (Wildman–Crippen LogP) is 1.60. The van der Waals surface area contributed by atoms with Gasteiger partial charge in [-0.15, -0.1) is 0 Å². The number of carbonyl (C=O) groups excluding carboxylic acids is 1. The molecule has 0 aromatic rings. The van der Waals surface area contributed by atoms with Crippen molar-refractivity contribution in [2.75, 3.05) is 0 Å². The van der Waals surface area contributed by atoms with E-state index < -0.39 is 18.0 Å². The van der Waals surface area contributed by atoms with E-state index in [0.717, 1.165) is 12.8 Å². The molecule has 0 aliphatic carbocycles. The van der Waals surface area contributed by atoms with Gasteiger partial charge in [-0.05, 0) is 19.8 Å². The van der Waals surface area contributed by atoms with E-state index >= 15 is 0 Å². The van der Waals surface area contributed by atoms with Crippen LogP contribution in [0, 0.1) is 5.92 Å². The van der Waals surface area contributed by atoms with Crippen molar-refractivity contribution in [1.82, 2.24) is 0 Å². The molecule has 98 valence electrons. The van der Waals surface area contributed by atoms with Crippen LogP contribution in [0.25, 0.3) is 0 Å². The first-order chi connectivity index (χ1) is 7.93. The highest BCUT2D eigenvalue weighted by atomic mass is 16.6. The van der Waals surface area contributed by atoms with E-state index in [1.54, 1.807) is 0 Å². The van der Waals surface area contributed by atoms with E-state index in [-0.39, 0.29) is 24.5 Å². The number of esters is 1. The highest BCUT2D eigenvalue weighted by Crippen LogP contribution is 2.33. The van der Waals surface area contributed by atoms with Gasteiger partial charge in [0.15, 0.2) is 0 Å². The first kappa shape index (κ1) is 14.0. The molecule has 0 bridgehead atoms. The average molecular weight is 244 g/mol. The highest BCUT2D eigenvalue weighted by Gasteiger charge is 2.39. The van der Waals surface area contributed by atoms with Crippen molar-refractivity contribution in [1.29, 1.82) is 0 Å². The summed E-state index contributed by atoms with van der Waals surface area (Å²) in [7, 11) is 0. The number of carboxylic acid groups (broad SMARTS) is 1. The Hall–Kier alpha value is -1.10. The van der Waals surface area contributed by atoms with Gasteiger partial charge in [-0.2, -0.15) is 0 Å². The Balaban J connectivity index is 2.73. The number of hydrogen-bond donors (Lipinski definition) is 1. The zero-order valence-corrected chi connectivity index (χ0v) is 10.5. The van der Waals surface area contributed by atoms with Crippen LogP contribution in [0.1, 0.15) is 40.0 Å². The fourth-order valence-electron chi connectivity index (χ4n) is 2.45. The lowest BCUT2D eigenvalue weighted by molar-refractivity contribution is -0.155. The van der Waals surface area contributed by atoms with Crippen molar-refractivity contribution in [2.24, 2.45) is 5.92 Å². The summed E-state index contributed by atoms with van der Waals surface area (Å²) < 4.78 is 10.8. The SMILES string of the molecule is CCC1OC(C)CC1C(CC(=O)O)OC(C)=O. The van der Waals surface area contributed by atoms with E-state index in [2.05, 4.69) is 0 Å². The fraction of sp³-hybridized carbons (Fsp3) is 0.833. The lowest BCUT2D eigenvalue weighted by Gasteiger charge is -2.25. The third-order valence-corrected chi connectivity index (χ3v) is 3.06. The second-order valence-electron chi connectivity index (χ2n) is 4.54. The number of rotatable bonds is 5. The van der Waals surface area contributed by atoms with Crippen LogP contribution in [0.5, 0.6) is 0 Å². The van der Waals surface area contributed by atoms with Crippen LogP contribution < -0.4 is 0 Å². The van der Waals surface area contributed by atoms with Gasteiger partial charge < -0.3 is 14.6 Å². The summed E-state index contributed by atoms with van der Waals surface area (Å²) in [5.74, 6) is -1.41. The standard InChI is InChI=1S/C12H20O5/c1-4-10-9(5-7(2)16-10)11(6-12(14)15)17-8(3)13/h7,9-11H,4-6H2,1-3H3,(H,14,15). The number of carboxylic acids is 1. The summed E-state index contributed by atoms with van der Waals surface area (Å²) in [6.07, 6.45) is 0.873. The van der Waals surface area contributed by atoms with Gasteiger partial charge in [0.25, 0.3) is 0 Å². The maximum Gasteiger partial charge on any atom is 0.307 e. The fourth-order valence-corrected chi connectivity index (χ4v) is 2.45. The molecule has 5 nitrogen and oxygen atoms in total. The van der Waals surface area contributed by atoms with Gasteiger partial charge in [-0.3, -0.25) is 9.59 Å². The van der Waals surface area contributed by atoms with Gasteiger partial charge >= 0.3 is 11.9 Å². The molecular weight excluding hydrogens is 224 g/mol. The Bertz CT molecular complexity index is 273. The van der Waals surface area contributed by atoms with Crippen molar-refractivity contribution in [3.8, 4) is 0 Å². The maximum absolute atomic E-state index is 11.0. The Kier molecular flexibility index (Phi) is 4.93.